The number of piperidine rings is 1. The molecule has 0 bridgehead atoms. The Hall–Kier alpha value is -1.41. The Labute approximate surface area is 163 Å². The first-order chi connectivity index (χ1) is 12.3. The van der Waals surface area contributed by atoms with E-state index >= 15 is 0 Å². The van der Waals surface area contributed by atoms with Crippen molar-refractivity contribution in [3.05, 3.63) is 45.6 Å². The van der Waals surface area contributed by atoms with Gasteiger partial charge in [-0.15, -0.1) is 5.10 Å². The Balaban J connectivity index is 1.69. The van der Waals surface area contributed by atoms with Crippen LogP contribution < -0.4 is 4.74 Å². The molecule has 0 spiro atoms. The van der Waals surface area contributed by atoms with E-state index in [0.717, 1.165) is 5.69 Å². The maximum Gasteiger partial charge on any atom is 0.244 e. The van der Waals surface area contributed by atoms with Gasteiger partial charge in [-0.05, 0) is 50.5 Å². The second-order valence-corrected chi connectivity index (χ2v) is 8.99. The molecule has 2 aromatic rings. The van der Waals surface area contributed by atoms with Crippen molar-refractivity contribution in [2.45, 2.75) is 37.7 Å². The molecule has 0 aliphatic carbocycles. The molecule has 1 aromatic heterocycles. The Bertz CT molecular complexity index is 896. The molecule has 1 fully saturated rings. The van der Waals surface area contributed by atoms with Crippen LogP contribution in [-0.2, 0) is 10.0 Å². The van der Waals surface area contributed by atoms with Gasteiger partial charge in [0, 0.05) is 24.2 Å². The van der Waals surface area contributed by atoms with E-state index in [4.69, 9.17) is 27.9 Å². The lowest BCUT2D eigenvalue weighted by atomic mass is 10.1. The predicted octanol–water partition coefficient (Wildman–Crippen LogP) is 3.63. The van der Waals surface area contributed by atoms with Gasteiger partial charge in [-0.25, -0.2) is 8.42 Å². The van der Waals surface area contributed by atoms with Gasteiger partial charge in [0.15, 0.2) is 0 Å². The van der Waals surface area contributed by atoms with Crippen molar-refractivity contribution in [1.82, 2.24) is 14.5 Å². The van der Waals surface area contributed by atoms with E-state index in [1.165, 1.54) is 16.4 Å². The van der Waals surface area contributed by atoms with E-state index in [0.29, 0.717) is 42.4 Å². The molecule has 1 aliphatic heterocycles. The largest absolute Gasteiger partial charge is 0.473 e. The molecule has 0 atom stereocenters. The normalized spacial score (nSPS) is 16.6. The summed E-state index contributed by atoms with van der Waals surface area (Å²) in [6.45, 7) is 4.30. The molecule has 1 saturated heterocycles. The van der Waals surface area contributed by atoms with Gasteiger partial charge in [0.25, 0.3) is 0 Å². The first kappa shape index (κ1) is 19.4. The Morgan fingerprint density at radius 1 is 1.08 bits per heavy atom. The molecule has 0 radical (unpaired) electrons. The van der Waals surface area contributed by atoms with Crippen LogP contribution in [0.4, 0.5) is 0 Å². The van der Waals surface area contributed by atoms with Crippen molar-refractivity contribution in [3.8, 4) is 5.88 Å². The molecule has 1 aliphatic rings. The number of hydrogen-bond acceptors (Lipinski definition) is 5. The number of nitrogens with zero attached hydrogens (tertiary/aromatic N) is 3. The number of ether oxygens (including phenoxy) is 1. The third-order valence-electron chi connectivity index (χ3n) is 4.29. The van der Waals surface area contributed by atoms with Crippen LogP contribution in [0.2, 0.25) is 10.0 Å². The van der Waals surface area contributed by atoms with E-state index < -0.39 is 10.0 Å². The summed E-state index contributed by atoms with van der Waals surface area (Å²) in [4.78, 5) is 0.0878. The standard InChI is InChI=1S/C17H19Cl2N3O3S/c1-11-9-16(15(19)10-14(11)18)26(23,24)22-7-5-13(6-8-22)25-17-4-3-12(2)20-21-17/h3-4,9-10,13H,5-8H2,1-2H3. The maximum atomic E-state index is 12.9. The van der Waals surface area contributed by atoms with Gasteiger partial charge in [0.2, 0.25) is 15.9 Å². The molecular formula is C17H19Cl2N3O3S. The van der Waals surface area contributed by atoms with Crippen molar-refractivity contribution in [2.24, 2.45) is 0 Å². The monoisotopic (exact) mass is 415 g/mol. The number of benzene rings is 1. The lowest BCUT2D eigenvalue weighted by Crippen LogP contribution is -2.41. The summed E-state index contributed by atoms with van der Waals surface area (Å²) >= 11 is 12.1. The highest BCUT2D eigenvalue weighted by molar-refractivity contribution is 7.89. The number of aryl methyl sites for hydroxylation is 2. The number of hydrogen-bond donors (Lipinski definition) is 0. The van der Waals surface area contributed by atoms with Gasteiger partial charge in [-0.2, -0.15) is 9.40 Å². The van der Waals surface area contributed by atoms with Crippen molar-refractivity contribution in [3.63, 3.8) is 0 Å². The minimum atomic E-state index is -3.67. The summed E-state index contributed by atoms with van der Waals surface area (Å²) < 4.78 is 33.0. The van der Waals surface area contributed by atoms with Crippen molar-refractivity contribution < 1.29 is 13.2 Å². The average molecular weight is 416 g/mol. The van der Waals surface area contributed by atoms with Gasteiger partial charge in [-0.3, -0.25) is 0 Å². The zero-order valence-corrected chi connectivity index (χ0v) is 16.8. The summed E-state index contributed by atoms with van der Waals surface area (Å²) in [5.74, 6) is 0.452. The topological polar surface area (TPSA) is 72.4 Å². The van der Waals surface area contributed by atoms with Crippen LogP contribution in [0.5, 0.6) is 5.88 Å². The van der Waals surface area contributed by atoms with Crippen LogP contribution in [0.3, 0.4) is 0 Å². The summed E-state index contributed by atoms with van der Waals surface area (Å²) in [5.41, 5.74) is 1.49. The van der Waals surface area contributed by atoms with Crippen LogP contribution in [0.15, 0.2) is 29.2 Å². The number of halogens is 2. The molecule has 3 rings (SSSR count). The van der Waals surface area contributed by atoms with Crippen LogP contribution in [0.25, 0.3) is 0 Å². The van der Waals surface area contributed by atoms with Crippen molar-refractivity contribution in [2.75, 3.05) is 13.1 Å². The fourth-order valence-electron chi connectivity index (χ4n) is 2.78. The lowest BCUT2D eigenvalue weighted by Gasteiger charge is -2.31. The minimum absolute atomic E-state index is 0.0878. The zero-order chi connectivity index (χ0) is 18.9. The Kier molecular flexibility index (Phi) is 5.72. The smallest absolute Gasteiger partial charge is 0.244 e. The molecular weight excluding hydrogens is 397 g/mol. The third-order valence-corrected chi connectivity index (χ3v) is 7.06. The van der Waals surface area contributed by atoms with Crippen LogP contribution >= 0.6 is 23.2 Å². The van der Waals surface area contributed by atoms with Gasteiger partial charge < -0.3 is 4.74 Å². The molecule has 0 saturated carbocycles. The van der Waals surface area contributed by atoms with E-state index in [1.807, 2.05) is 13.0 Å². The summed E-state index contributed by atoms with van der Waals surface area (Å²) in [7, 11) is -3.67. The number of rotatable bonds is 4. The molecule has 0 unspecified atom stereocenters. The molecule has 0 amide bonds. The molecule has 9 heteroatoms. The second kappa shape index (κ2) is 7.68. The van der Waals surface area contributed by atoms with Crippen LogP contribution in [-0.4, -0.2) is 42.1 Å². The van der Waals surface area contributed by atoms with Gasteiger partial charge >= 0.3 is 0 Å². The predicted molar refractivity (Wildman–Crippen MR) is 100 cm³/mol. The molecule has 0 N–H and O–H groups in total. The first-order valence-electron chi connectivity index (χ1n) is 8.20. The van der Waals surface area contributed by atoms with Crippen molar-refractivity contribution >= 4 is 33.2 Å². The van der Waals surface area contributed by atoms with E-state index in [9.17, 15) is 8.42 Å². The van der Waals surface area contributed by atoms with E-state index in [1.54, 1.807) is 13.0 Å². The fraction of sp³-hybridized carbons (Fsp3) is 0.412. The van der Waals surface area contributed by atoms with E-state index in [2.05, 4.69) is 10.2 Å². The summed E-state index contributed by atoms with van der Waals surface area (Å²) in [5, 5.41) is 8.52. The maximum absolute atomic E-state index is 12.9. The van der Waals surface area contributed by atoms with Gasteiger partial charge in [-0.1, -0.05) is 23.2 Å². The average Bonchev–Trinajstić information content (AvgIpc) is 2.60. The van der Waals surface area contributed by atoms with Gasteiger partial charge in [0.05, 0.1) is 10.7 Å². The highest BCUT2D eigenvalue weighted by Crippen LogP contribution is 2.31. The SMILES string of the molecule is Cc1ccc(OC2CCN(S(=O)(=O)c3cc(C)c(Cl)cc3Cl)CC2)nn1. The zero-order valence-electron chi connectivity index (χ0n) is 14.4. The highest BCUT2D eigenvalue weighted by Gasteiger charge is 2.32. The van der Waals surface area contributed by atoms with E-state index in [-0.39, 0.29) is 16.0 Å². The number of aromatic nitrogens is 2. The summed E-state index contributed by atoms with van der Waals surface area (Å²) in [6, 6.07) is 6.58. The van der Waals surface area contributed by atoms with Crippen LogP contribution in [0.1, 0.15) is 24.1 Å². The van der Waals surface area contributed by atoms with Crippen LogP contribution in [0, 0.1) is 13.8 Å². The van der Waals surface area contributed by atoms with Crippen molar-refractivity contribution in [1.29, 1.82) is 0 Å². The fourth-order valence-corrected chi connectivity index (χ4v) is 5.05. The first-order valence-corrected chi connectivity index (χ1v) is 10.4. The highest BCUT2D eigenvalue weighted by atomic mass is 35.5. The second-order valence-electron chi connectivity index (χ2n) is 6.27. The van der Waals surface area contributed by atoms with Gasteiger partial charge in [0.1, 0.15) is 11.0 Å². The Morgan fingerprint density at radius 3 is 2.38 bits per heavy atom. The quantitative estimate of drug-likeness (QED) is 0.761. The molecule has 6 nitrogen and oxygen atoms in total. The molecule has 26 heavy (non-hydrogen) atoms. The minimum Gasteiger partial charge on any atom is -0.473 e. The molecule has 140 valence electrons. The third kappa shape index (κ3) is 4.11. The Morgan fingerprint density at radius 2 is 1.77 bits per heavy atom. The number of sulfonamides is 1. The molecule has 1 aromatic carbocycles. The lowest BCUT2D eigenvalue weighted by molar-refractivity contribution is 0.128. The molecule has 2 heterocycles. The summed E-state index contributed by atoms with van der Waals surface area (Å²) in [6.07, 6.45) is 1.04.